The van der Waals surface area contributed by atoms with Gasteiger partial charge in [0.1, 0.15) is 5.01 Å². The van der Waals surface area contributed by atoms with E-state index in [-0.39, 0.29) is 0 Å². The van der Waals surface area contributed by atoms with Gasteiger partial charge in [0.2, 0.25) is 0 Å². The lowest BCUT2D eigenvalue weighted by molar-refractivity contribution is 1.17. The summed E-state index contributed by atoms with van der Waals surface area (Å²) in [6.07, 6.45) is 3.40. The molecule has 0 spiro atoms. The molecule has 0 N–H and O–H groups in total. The van der Waals surface area contributed by atoms with Gasteiger partial charge in [-0.05, 0) is 60.7 Å². The zero-order chi connectivity index (χ0) is 26.9. The number of aromatic nitrogens is 5. The van der Waals surface area contributed by atoms with E-state index in [0.29, 0.717) is 5.65 Å². The largest absolute Gasteiger partial charge is 0.309 e. The predicted octanol–water partition coefficient (Wildman–Crippen LogP) is 8.95. The van der Waals surface area contributed by atoms with E-state index in [1.54, 1.807) is 23.7 Å². The molecular formula is C35H21N5S. The third kappa shape index (κ3) is 3.31. The molecule has 0 fully saturated rings. The Kier molecular flexibility index (Phi) is 4.71. The summed E-state index contributed by atoms with van der Waals surface area (Å²) in [7, 11) is 0. The van der Waals surface area contributed by atoms with Crippen molar-refractivity contribution in [2.75, 3.05) is 0 Å². The molecule has 0 unspecified atom stereocenters. The zero-order valence-corrected chi connectivity index (χ0v) is 22.6. The number of benzene rings is 5. The fourth-order valence-electron chi connectivity index (χ4n) is 6.12. The Hall–Kier alpha value is -5.33. The molecule has 0 radical (unpaired) electrons. The maximum absolute atomic E-state index is 4.70. The van der Waals surface area contributed by atoms with Crippen LogP contribution in [-0.2, 0) is 0 Å². The zero-order valence-electron chi connectivity index (χ0n) is 21.8. The quantitative estimate of drug-likeness (QED) is 0.223. The minimum atomic E-state index is 0.692. The maximum atomic E-state index is 4.70. The van der Waals surface area contributed by atoms with Gasteiger partial charge < -0.3 is 9.13 Å². The van der Waals surface area contributed by atoms with Gasteiger partial charge in [0.25, 0.3) is 0 Å². The summed E-state index contributed by atoms with van der Waals surface area (Å²) in [6.45, 7) is 0. The standard InChI is InChI=1S/C35H21N5S/c1-2-8-23(9-3-1)39-29-12-6-4-10-25(29)27-21-32-28(20-31(27)39)26-11-5-7-13-30(26)40(32)24-16-14-22(15-17-24)34-38-33-35(41-34)37-19-18-36-33/h1-21H. The monoisotopic (exact) mass is 543 g/mol. The Bertz CT molecular complexity index is 2380. The normalized spacial score (nSPS) is 11.9. The molecule has 5 aromatic carbocycles. The molecule has 4 heterocycles. The van der Waals surface area contributed by atoms with Crippen LogP contribution in [0.15, 0.2) is 128 Å². The number of hydrogen-bond acceptors (Lipinski definition) is 4. The minimum Gasteiger partial charge on any atom is -0.309 e. The van der Waals surface area contributed by atoms with Gasteiger partial charge >= 0.3 is 0 Å². The summed E-state index contributed by atoms with van der Waals surface area (Å²) >= 11 is 1.57. The van der Waals surface area contributed by atoms with E-state index in [4.69, 9.17) is 4.98 Å². The Labute approximate surface area is 238 Å². The SMILES string of the molecule is c1ccc(-n2c3ccccc3c3cc4c(cc32)c2ccccc2n4-c2ccc(-c3nc4nccnc4s3)cc2)cc1. The first-order valence-electron chi connectivity index (χ1n) is 13.5. The Morgan fingerprint density at radius 3 is 1.68 bits per heavy atom. The van der Waals surface area contributed by atoms with Crippen LogP contribution in [0, 0.1) is 0 Å². The van der Waals surface area contributed by atoms with E-state index in [1.807, 2.05) is 0 Å². The molecule has 0 amide bonds. The van der Waals surface area contributed by atoms with Crippen LogP contribution in [0.2, 0.25) is 0 Å². The summed E-state index contributed by atoms with van der Waals surface area (Å²) in [5.74, 6) is 0. The molecule has 6 heteroatoms. The molecule has 41 heavy (non-hydrogen) atoms. The Morgan fingerprint density at radius 2 is 1.05 bits per heavy atom. The molecule has 0 bridgehead atoms. The summed E-state index contributed by atoms with van der Waals surface area (Å²) in [4.78, 5) is 14.3. The molecule has 0 saturated carbocycles. The van der Waals surface area contributed by atoms with E-state index in [2.05, 4.69) is 134 Å². The Morgan fingerprint density at radius 1 is 0.488 bits per heavy atom. The molecule has 9 aromatic rings. The van der Waals surface area contributed by atoms with Crippen molar-refractivity contribution in [3.05, 3.63) is 128 Å². The van der Waals surface area contributed by atoms with Crippen molar-refractivity contribution < 1.29 is 0 Å². The second-order valence-corrected chi connectivity index (χ2v) is 11.2. The highest BCUT2D eigenvalue weighted by molar-refractivity contribution is 7.21. The molecule has 0 aliphatic carbocycles. The van der Waals surface area contributed by atoms with Crippen molar-refractivity contribution in [3.8, 4) is 21.9 Å². The molecule has 4 aromatic heterocycles. The number of nitrogens with zero attached hydrogens (tertiary/aromatic N) is 5. The number of rotatable bonds is 3. The highest BCUT2D eigenvalue weighted by atomic mass is 32.1. The number of thiazole rings is 1. The van der Waals surface area contributed by atoms with Gasteiger partial charge in [0.05, 0.1) is 22.1 Å². The second kappa shape index (κ2) is 8.58. The Balaban J connectivity index is 1.30. The predicted molar refractivity (Wildman–Crippen MR) is 169 cm³/mol. The molecule has 5 nitrogen and oxygen atoms in total. The average molecular weight is 544 g/mol. The van der Waals surface area contributed by atoms with Crippen LogP contribution in [0.25, 0.3) is 76.0 Å². The summed E-state index contributed by atoms with van der Waals surface area (Å²) in [6, 6.07) is 41.4. The summed E-state index contributed by atoms with van der Waals surface area (Å²) in [5.41, 5.74) is 8.83. The lowest BCUT2D eigenvalue weighted by atomic mass is 10.1. The van der Waals surface area contributed by atoms with Crippen molar-refractivity contribution in [2.45, 2.75) is 0 Å². The summed E-state index contributed by atoms with van der Waals surface area (Å²) < 4.78 is 4.76. The third-order valence-electron chi connectivity index (χ3n) is 7.90. The smallest absolute Gasteiger partial charge is 0.190 e. The minimum absolute atomic E-state index is 0.692. The lowest BCUT2D eigenvalue weighted by Gasteiger charge is -2.09. The lowest BCUT2D eigenvalue weighted by Crippen LogP contribution is -1.94. The average Bonchev–Trinajstić information content (AvgIpc) is 3.71. The fraction of sp³-hybridized carbons (Fsp3) is 0. The highest BCUT2D eigenvalue weighted by Gasteiger charge is 2.18. The van der Waals surface area contributed by atoms with Crippen LogP contribution in [0.3, 0.4) is 0 Å². The highest BCUT2D eigenvalue weighted by Crippen LogP contribution is 2.39. The van der Waals surface area contributed by atoms with E-state index >= 15 is 0 Å². The molecule has 0 aliphatic rings. The first-order chi connectivity index (χ1) is 20.3. The van der Waals surface area contributed by atoms with Gasteiger partial charge in [-0.15, -0.1) is 0 Å². The van der Waals surface area contributed by atoms with Crippen LogP contribution in [0.5, 0.6) is 0 Å². The summed E-state index contributed by atoms with van der Waals surface area (Å²) in [5, 5.41) is 5.89. The van der Waals surface area contributed by atoms with Crippen LogP contribution in [0.1, 0.15) is 0 Å². The second-order valence-electron chi connectivity index (χ2n) is 10.2. The first-order valence-corrected chi connectivity index (χ1v) is 14.4. The molecular weight excluding hydrogens is 522 g/mol. The fourth-order valence-corrected chi connectivity index (χ4v) is 6.99. The number of hydrogen-bond donors (Lipinski definition) is 0. The third-order valence-corrected chi connectivity index (χ3v) is 8.90. The van der Waals surface area contributed by atoms with Crippen molar-refractivity contribution in [1.29, 1.82) is 0 Å². The molecule has 0 saturated heterocycles. The van der Waals surface area contributed by atoms with Gasteiger partial charge in [-0.25, -0.2) is 15.0 Å². The van der Waals surface area contributed by atoms with Crippen LogP contribution < -0.4 is 0 Å². The van der Waals surface area contributed by atoms with Crippen molar-refractivity contribution in [3.63, 3.8) is 0 Å². The topological polar surface area (TPSA) is 48.5 Å². The maximum Gasteiger partial charge on any atom is 0.190 e. The van der Waals surface area contributed by atoms with E-state index in [0.717, 1.165) is 26.8 Å². The van der Waals surface area contributed by atoms with Crippen LogP contribution >= 0.6 is 11.3 Å². The van der Waals surface area contributed by atoms with Crippen molar-refractivity contribution in [2.24, 2.45) is 0 Å². The molecule has 9 rings (SSSR count). The number of para-hydroxylation sites is 3. The van der Waals surface area contributed by atoms with E-state index < -0.39 is 0 Å². The van der Waals surface area contributed by atoms with Gasteiger partial charge in [0.15, 0.2) is 10.5 Å². The van der Waals surface area contributed by atoms with Gasteiger partial charge in [-0.2, -0.15) is 0 Å². The molecule has 0 aliphatic heterocycles. The number of fused-ring (bicyclic) bond motifs is 7. The first kappa shape index (κ1) is 22.5. The molecule has 0 atom stereocenters. The van der Waals surface area contributed by atoms with Gasteiger partial charge in [-0.3, -0.25) is 0 Å². The van der Waals surface area contributed by atoms with Gasteiger partial charge in [0, 0.05) is 50.9 Å². The van der Waals surface area contributed by atoms with E-state index in [1.165, 1.54) is 43.6 Å². The van der Waals surface area contributed by atoms with Gasteiger partial charge in [-0.1, -0.05) is 65.9 Å². The van der Waals surface area contributed by atoms with Crippen LogP contribution in [-0.4, -0.2) is 24.1 Å². The van der Waals surface area contributed by atoms with E-state index in [9.17, 15) is 0 Å². The van der Waals surface area contributed by atoms with Crippen molar-refractivity contribution in [1.82, 2.24) is 24.1 Å². The van der Waals surface area contributed by atoms with Crippen molar-refractivity contribution >= 4 is 65.4 Å². The van der Waals surface area contributed by atoms with Crippen LogP contribution in [0.4, 0.5) is 0 Å². The molecule has 192 valence electrons.